The average molecular weight is 457 g/mol. The van der Waals surface area contributed by atoms with Crippen molar-refractivity contribution < 1.29 is 23.1 Å². The molecule has 0 atom stereocenters. The van der Waals surface area contributed by atoms with Crippen LogP contribution in [0.5, 0.6) is 5.75 Å². The van der Waals surface area contributed by atoms with Gasteiger partial charge in [0, 0.05) is 34.2 Å². The monoisotopic (exact) mass is 456 g/mol. The molecule has 33 heavy (non-hydrogen) atoms. The highest BCUT2D eigenvalue weighted by Crippen LogP contribution is 2.42. The number of hydrogen-bond acceptors (Lipinski definition) is 4. The second-order valence-corrected chi connectivity index (χ2v) is 6.25. The number of aldehydes is 1. The Morgan fingerprint density at radius 1 is 0.848 bits per heavy atom. The highest BCUT2D eigenvalue weighted by molar-refractivity contribution is 6.03. The van der Waals surface area contributed by atoms with E-state index in [4.69, 9.17) is 4.42 Å². The van der Waals surface area contributed by atoms with E-state index in [2.05, 4.69) is 0 Å². The summed E-state index contributed by atoms with van der Waals surface area (Å²) in [4.78, 5) is 22.7. The molecule has 2 aromatic rings. The third kappa shape index (κ3) is 5.64. The van der Waals surface area contributed by atoms with Gasteiger partial charge in [0.1, 0.15) is 17.6 Å². The first-order chi connectivity index (χ1) is 15.9. The van der Waals surface area contributed by atoms with Crippen LogP contribution in [0.1, 0.15) is 57.5 Å². The Labute approximate surface area is 192 Å². The number of aryl methyl sites for hydroxylation is 1. The number of carbonyl (C=O) groups is 1. The maximum absolute atomic E-state index is 14.0. The van der Waals surface area contributed by atoms with Crippen molar-refractivity contribution in [3.63, 3.8) is 0 Å². The molecule has 0 amide bonds. The van der Waals surface area contributed by atoms with E-state index in [0.29, 0.717) is 33.9 Å². The Balaban J connectivity index is 0.000000841. The van der Waals surface area contributed by atoms with Gasteiger partial charge in [-0.15, -0.1) is 0 Å². The first kappa shape index (κ1) is 27.5. The lowest BCUT2D eigenvalue weighted by atomic mass is 9.90. The number of phenols is 1. The summed E-state index contributed by atoms with van der Waals surface area (Å²) >= 11 is 0. The molecule has 2 aliphatic rings. The van der Waals surface area contributed by atoms with Crippen molar-refractivity contribution in [2.75, 3.05) is 0 Å². The van der Waals surface area contributed by atoms with Gasteiger partial charge >= 0.3 is 0 Å². The van der Waals surface area contributed by atoms with Crippen LogP contribution in [0, 0.1) is 18.6 Å². The molecule has 0 bridgehead atoms. The molecule has 6 heteroatoms. The van der Waals surface area contributed by atoms with Crippen molar-refractivity contribution in [1.82, 2.24) is 0 Å². The maximum Gasteiger partial charge on any atom is 0.217 e. The van der Waals surface area contributed by atoms with Gasteiger partial charge in [0.05, 0.1) is 0 Å². The molecule has 4 rings (SSSR count). The molecule has 0 aromatic heterocycles. The quantitative estimate of drug-likeness (QED) is 0.247. The molecule has 0 saturated carbocycles. The molecular weight excluding hydrogens is 426 g/mol. The van der Waals surface area contributed by atoms with Crippen LogP contribution in [0.3, 0.4) is 0 Å². The predicted octanol–water partition coefficient (Wildman–Crippen LogP) is 7.75. The largest absolute Gasteiger partial charge is 0.505 e. The van der Waals surface area contributed by atoms with Gasteiger partial charge in [-0.1, -0.05) is 53.7 Å². The average Bonchev–Trinajstić information content (AvgIpc) is 2.84. The molecule has 1 aliphatic heterocycles. The van der Waals surface area contributed by atoms with Crippen molar-refractivity contribution in [2.45, 2.75) is 48.5 Å². The number of aromatic hydroxyl groups is 1. The number of fused-ring (bicyclic) bond motifs is 2. The van der Waals surface area contributed by atoms with Gasteiger partial charge < -0.3 is 9.52 Å². The minimum atomic E-state index is -0.959. The molecule has 0 spiro atoms. The molecule has 0 radical (unpaired) electrons. The number of rotatable bonds is 2. The van der Waals surface area contributed by atoms with E-state index in [1.165, 1.54) is 0 Å². The maximum atomic E-state index is 14.0. The van der Waals surface area contributed by atoms with Crippen LogP contribution >= 0.6 is 0 Å². The summed E-state index contributed by atoms with van der Waals surface area (Å²) in [5.74, 6) is -2.32. The standard InChI is InChI=1S/C21H12F2O4.3C2H6/c1-10-4-11(9-24)2-3-12(10)21-13-5-15(22)17(25)7-19(13)27-20-8-18(26)16(23)6-14(20)21;3*1-2/h2-9,25H,1H3;3*1-2H3. The second-order valence-electron chi connectivity index (χ2n) is 6.25. The summed E-state index contributed by atoms with van der Waals surface area (Å²) < 4.78 is 33.7. The van der Waals surface area contributed by atoms with E-state index >= 15 is 0 Å². The number of phenolic OH excluding ortho intramolecular Hbond substituents is 1. The molecule has 0 unspecified atom stereocenters. The Morgan fingerprint density at radius 2 is 1.48 bits per heavy atom. The van der Waals surface area contributed by atoms with E-state index in [1.54, 1.807) is 25.1 Å². The van der Waals surface area contributed by atoms with E-state index in [9.17, 15) is 23.5 Å². The zero-order valence-electron chi connectivity index (χ0n) is 20.0. The molecule has 1 heterocycles. The molecule has 0 saturated heterocycles. The third-order valence-electron chi connectivity index (χ3n) is 4.50. The summed E-state index contributed by atoms with van der Waals surface area (Å²) in [5.41, 5.74) is 1.81. The SMILES string of the molecule is CC.CC.CC.Cc1cc(C=O)ccc1-c1c2cc(F)c(=O)cc-2oc2cc(O)c(F)cc12. The van der Waals surface area contributed by atoms with Gasteiger partial charge in [-0.3, -0.25) is 9.59 Å². The second kappa shape index (κ2) is 12.5. The van der Waals surface area contributed by atoms with Crippen molar-refractivity contribution >= 4 is 17.3 Å². The lowest BCUT2D eigenvalue weighted by Crippen LogP contribution is -2.06. The molecule has 1 aliphatic carbocycles. The summed E-state index contributed by atoms with van der Waals surface area (Å²) in [5, 5.41) is 9.98. The van der Waals surface area contributed by atoms with E-state index in [-0.39, 0.29) is 16.9 Å². The Morgan fingerprint density at radius 3 is 2.06 bits per heavy atom. The lowest BCUT2D eigenvalue weighted by Gasteiger charge is -2.17. The molecule has 176 valence electrons. The number of benzene rings is 3. The van der Waals surface area contributed by atoms with Gasteiger partial charge in [-0.05, 0) is 36.2 Å². The Hall–Kier alpha value is -3.54. The van der Waals surface area contributed by atoms with Gasteiger partial charge in [0.2, 0.25) is 5.43 Å². The van der Waals surface area contributed by atoms with Crippen LogP contribution in [-0.4, -0.2) is 11.4 Å². The van der Waals surface area contributed by atoms with Crippen LogP contribution in [0.25, 0.3) is 33.4 Å². The highest BCUT2D eigenvalue weighted by atomic mass is 19.1. The molecule has 4 nitrogen and oxygen atoms in total. The molecule has 1 N–H and O–H groups in total. The van der Waals surface area contributed by atoms with Crippen molar-refractivity contribution in [3.8, 4) is 28.2 Å². The van der Waals surface area contributed by atoms with Gasteiger partial charge in [-0.25, -0.2) is 8.78 Å². The Kier molecular flexibility index (Phi) is 10.4. The van der Waals surface area contributed by atoms with E-state index < -0.39 is 22.8 Å². The third-order valence-corrected chi connectivity index (χ3v) is 4.50. The van der Waals surface area contributed by atoms with Crippen LogP contribution in [0.2, 0.25) is 0 Å². The van der Waals surface area contributed by atoms with Crippen molar-refractivity contribution in [2.24, 2.45) is 0 Å². The van der Waals surface area contributed by atoms with Crippen LogP contribution in [-0.2, 0) is 0 Å². The molecule has 0 fully saturated rings. The zero-order chi connectivity index (χ0) is 25.3. The lowest BCUT2D eigenvalue weighted by molar-refractivity contribution is 0.112. The minimum absolute atomic E-state index is 0.105. The fourth-order valence-electron chi connectivity index (χ4n) is 3.23. The summed E-state index contributed by atoms with van der Waals surface area (Å²) in [7, 11) is 0. The highest BCUT2D eigenvalue weighted by Gasteiger charge is 2.22. The normalized spacial score (nSPS) is 9.73. The minimum Gasteiger partial charge on any atom is -0.505 e. The number of halogens is 2. The van der Waals surface area contributed by atoms with Crippen molar-refractivity contribution in [3.05, 3.63) is 75.4 Å². The number of hydrogen-bond donors (Lipinski definition) is 1. The van der Waals surface area contributed by atoms with Gasteiger partial charge in [0.15, 0.2) is 17.4 Å². The predicted molar refractivity (Wildman–Crippen MR) is 130 cm³/mol. The number of carbonyl (C=O) groups excluding carboxylic acids is 1. The summed E-state index contributed by atoms with van der Waals surface area (Å²) in [6, 6.07) is 9.18. The van der Waals surface area contributed by atoms with Gasteiger partial charge in [0.25, 0.3) is 0 Å². The topological polar surface area (TPSA) is 67.5 Å². The fourth-order valence-corrected chi connectivity index (χ4v) is 3.23. The van der Waals surface area contributed by atoms with Crippen LogP contribution in [0.15, 0.2) is 51.7 Å². The first-order valence-electron chi connectivity index (χ1n) is 11.0. The molecule has 2 aromatic carbocycles. The van der Waals surface area contributed by atoms with Crippen LogP contribution < -0.4 is 5.43 Å². The fraction of sp³-hybridized carbons (Fsp3) is 0.259. The molecular formula is C27H30F2O4. The Bertz CT molecular complexity index is 1260. The van der Waals surface area contributed by atoms with E-state index in [1.807, 2.05) is 41.5 Å². The summed E-state index contributed by atoms with van der Waals surface area (Å²) in [6.07, 6.45) is 0.703. The smallest absolute Gasteiger partial charge is 0.217 e. The van der Waals surface area contributed by atoms with Gasteiger partial charge in [-0.2, -0.15) is 0 Å². The zero-order valence-corrected chi connectivity index (χ0v) is 20.0. The van der Waals surface area contributed by atoms with Crippen LogP contribution in [0.4, 0.5) is 8.78 Å². The summed E-state index contributed by atoms with van der Waals surface area (Å²) in [6.45, 7) is 13.8. The van der Waals surface area contributed by atoms with Crippen molar-refractivity contribution in [1.29, 1.82) is 0 Å². The first-order valence-corrected chi connectivity index (χ1v) is 11.0. The van der Waals surface area contributed by atoms with E-state index in [0.717, 1.165) is 24.3 Å².